The lowest BCUT2D eigenvalue weighted by atomic mass is 10.2. The quantitative estimate of drug-likeness (QED) is 0.641. The Labute approximate surface area is 89.1 Å². The van der Waals surface area contributed by atoms with Gasteiger partial charge in [0.1, 0.15) is 0 Å². The number of hydrogen-bond donors (Lipinski definition) is 0. The van der Waals surface area contributed by atoms with Crippen LogP contribution in [0.25, 0.3) is 0 Å². The lowest BCUT2D eigenvalue weighted by Gasteiger charge is -2.29. The van der Waals surface area contributed by atoms with E-state index in [1.54, 1.807) is 21.3 Å². The predicted octanol–water partition coefficient (Wildman–Crippen LogP) is 0.745. The van der Waals surface area contributed by atoms with E-state index in [2.05, 4.69) is 11.8 Å². The smallest absolute Gasteiger partial charge is 0.379 e. The third kappa shape index (κ3) is 6.50. The molecule has 4 nitrogen and oxygen atoms in total. The van der Waals surface area contributed by atoms with Crippen LogP contribution in [0, 0.1) is 0 Å². The third-order valence-corrected chi connectivity index (χ3v) is 3.22. The Hall–Kier alpha value is 0.0569. The molecular formula is C9H23NO3Si. The first-order chi connectivity index (χ1) is 6.78. The van der Waals surface area contributed by atoms with Crippen LogP contribution in [-0.2, 0) is 13.3 Å². The molecule has 0 unspecified atom stereocenters. The molecule has 1 saturated heterocycles. The van der Waals surface area contributed by atoms with E-state index >= 15 is 0 Å². The van der Waals surface area contributed by atoms with E-state index in [0.29, 0.717) is 0 Å². The second-order valence-corrected chi connectivity index (χ2v) is 5.18. The Morgan fingerprint density at radius 2 is 1.57 bits per heavy atom. The van der Waals surface area contributed by atoms with Gasteiger partial charge in [-0.25, -0.2) is 0 Å². The van der Waals surface area contributed by atoms with Crippen molar-refractivity contribution in [3.05, 3.63) is 0 Å². The van der Waals surface area contributed by atoms with Crippen molar-refractivity contribution < 1.29 is 13.3 Å². The minimum absolute atomic E-state index is 1.32. The maximum Gasteiger partial charge on any atom is 0.483 e. The van der Waals surface area contributed by atoms with Crippen molar-refractivity contribution in [2.75, 3.05) is 41.0 Å². The second kappa shape index (κ2) is 9.61. The van der Waals surface area contributed by atoms with Crippen LogP contribution in [0.4, 0.5) is 0 Å². The van der Waals surface area contributed by atoms with Crippen molar-refractivity contribution in [2.45, 2.75) is 19.8 Å². The van der Waals surface area contributed by atoms with Crippen molar-refractivity contribution in [3.8, 4) is 0 Å². The van der Waals surface area contributed by atoms with Crippen LogP contribution >= 0.6 is 0 Å². The van der Waals surface area contributed by atoms with Crippen LogP contribution in [0.5, 0.6) is 0 Å². The van der Waals surface area contributed by atoms with Gasteiger partial charge in [0, 0.05) is 21.3 Å². The Bertz CT molecular complexity index is 113. The summed E-state index contributed by atoms with van der Waals surface area (Å²) in [5.74, 6) is 0. The summed E-state index contributed by atoms with van der Waals surface area (Å²) in [5, 5.41) is 0. The molecule has 0 N–H and O–H groups in total. The molecule has 0 bridgehead atoms. The van der Waals surface area contributed by atoms with Crippen LogP contribution in [0.1, 0.15) is 19.8 Å². The monoisotopic (exact) mass is 221 g/mol. The van der Waals surface area contributed by atoms with Gasteiger partial charge in [-0.2, -0.15) is 0 Å². The minimum atomic E-state index is -1.67. The molecule has 0 saturated carbocycles. The molecule has 86 valence electrons. The highest BCUT2D eigenvalue weighted by atomic mass is 28.3. The van der Waals surface area contributed by atoms with Crippen LogP contribution in [0.15, 0.2) is 0 Å². The zero-order valence-electron chi connectivity index (χ0n) is 9.78. The van der Waals surface area contributed by atoms with E-state index in [1.165, 1.54) is 32.5 Å². The molecule has 0 aromatic heterocycles. The molecule has 0 spiro atoms. The van der Waals surface area contributed by atoms with Crippen LogP contribution in [0.3, 0.4) is 0 Å². The molecule has 1 fully saturated rings. The van der Waals surface area contributed by atoms with Crippen molar-refractivity contribution >= 4 is 9.53 Å². The van der Waals surface area contributed by atoms with Crippen LogP contribution in [0.2, 0.25) is 0 Å². The fraction of sp³-hybridized carbons (Fsp3) is 1.00. The SMILES string of the molecule is CCCN1CCC1.CO[SiH](OC)OC. The van der Waals surface area contributed by atoms with Gasteiger partial charge in [-0.15, -0.1) is 0 Å². The molecule has 0 atom stereocenters. The number of nitrogens with zero attached hydrogens (tertiary/aromatic N) is 1. The standard InChI is InChI=1S/C6H13N.C3H10O3Si/c1-2-4-7-5-3-6-7;1-4-7(5-2)6-3/h2-6H2,1H3;7H,1-3H3. The fourth-order valence-corrected chi connectivity index (χ4v) is 1.79. The van der Waals surface area contributed by atoms with Gasteiger partial charge in [0.2, 0.25) is 0 Å². The summed E-state index contributed by atoms with van der Waals surface area (Å²) in [5.41, 5.74) is 0. The van der Waals surface area contributed by atoms with Crippen LogP contribution < -0.4 is 0 Å². The molecule has 1 aliphatic heterocycles. The van der Waals surface area contributed by atoms with Gasteiger partial charge >= 0.3 is 9.53 Å². The van der Waals surface area contributed by atoms with Crippen molar-refractivity contribution in [3.63, 3.8) is 0 Å². The first-order valence-corrected chi connectivity index (χ1v) is 6.50. The Morgan fingerprint density at radius 3 is 1.64 bits per heavy atom. The largest absolute Gasteiger partial charge is 0.483 e. The van der Waals surface area contributed by atoms with Gasteiger partial charge in [-0.3, -0.25) is 0 Å². The molecule has 1 rings (SSSR count). The van der Waals surface area contributed by atoms with Gasteiger partial charge in [0.15, 0.2) is 0 Å². The van der Waals surface area contributed by atoms with E-state index < -0.39 is 9.53 Å². The summed E-state index contributed by atoms with van der Waals surface area (Å²) in [6.07, 6.45) is 2.75. The summed E-state index contributed by atoms with van der Waals surface area (Å²) >= 11 is 0. The average molecular weight is 221 g/mol. The first-order valence-electron chi connectivity index (χ1n) is 5.09. The lowest BCUT2D eigenvalue weighted by Crippen LogP contribution is -2.37. The molecule has 0 aliphatic carbocycles. The Morgan fingerprint density at radius 1 is 1.07 bits per heavy atom. The molecule has 0 radical (unpaired) electrons. The number of rotatable bonds is 5. The van der Waals surface area contributed by atoms with Gasteiger partial charge in [-0.1, -0.05) is 6.92 Å². The van der Waals surface area contributed by atoms with Gasteiger partial charge in [-0.05, 0) is 32.5 Å². The third-order valence-electron chi connectivity index (χ3n) is 2.07. The highest BCUT2D eigenvalue weighted by molar-refractivity contribution is 6.36. The summed E-state index contributed by atoms with van der Waals surface area (Å²) in [4.78, 5) is 2.49. The zero-order valence-corrected chi connectivity index (χ0v) is 10.9. The normalized spacial score (nSPS) is 16.1. The number of likely N-dealkylation sites (tertiary alicyclic amines) is 1. The predicted molar refractivity (Wildman–Crippen MR) is 59.5 cm³/mol. The molecule has 5 heteroatoms. The van der Waals surface area contributed by atoms with Gasteiger partial charge < -0.3 is 18.2 Å². The summed E-state index contributed by atoms with van der Waals surface area (Å²) in [6.45, 7) is 6.26. The average Bonchev–Trinajstić information content (AvgIpc) is 2.15. The van der Waals surface area contributed by atoms with Crippen molar-refractivity contribution in [2.24, 2.45) is 0 Å². The topological polar surface area (TPSA) is 30.9 Å². The molecule has 14 heavy (non-hydrogen) atoms. The second-order valence-electron chi connectivity index (χ2n) is 3.19. The molecule has 0 amide bonds. The summed E-state index contributed by atoms with van der Waals surface area (Å²) in [6, 6.07) is 0. The van der Waals surface area contributed by atoms with E-state index in [-0.39, 0.29) is 0 Å². The van der Waals surface area contributed by atoms with Gasteiger partial charge in [0.25, 0.3) is 0 Å². The van der Waals surface area contributed by atoms with E-state index in [1.807, 2.05) is 0 Å². The first kappa shape index (κ1) is 14.1. The van der Waals surface area contributed by atoms with E-state index in [9.17, 15) is 0 Å². The molecule has 0 aromatic carbocycles. The highest BCUT2D eigenvalue weighted by Crippen LogP contribution is 2.04. The highest BCUT2D eigenvalue weighted by Gasteiger charge is 2.10. The van der Waals surface area contributed by atoms with E-state index in [0.717, 1.165) is 0 Å². The molecule has 0 aromatic rings. The minimum Gasteiger partial charge on any atom is -0.379 e. The summed E-state index contributed by atoms with van der Waals surface area (Å²) < 4.78 is 14.2. The molecule has 1 heterocycles. The lowest BCUT2D eigenvalue weighted by molar-refractivity contribution is 0.163. The van der Waals surface area contributed by atoms with Crippen molar-refractivity contribution in [1.82, 2.24) is 4.90 Å². The van der Waals surface area contributed by atoms with E-state index in [4.69, 9.17) is 13.3 Å². The summed E-state index contributed by atoms with van der Waals surface area (Å²) in [7, 11) is 3.05. The maximum absolute atomic E-state index is 4.74. The Kier molecular flexibility index (Phi) is 9.64. The van der Waals surface area contributed by atoms with Crippen molar-refractivity contribution in [1.29, 1.82) is 0 Å². The maximum atomic E-state index is 4.74. The molecule has 1 aliphatic rings. The van der Waals surface area contributed by atoms with Crippen LogP contribution in [-0.4, -0.2) is 55.4 Å². The number of hydrogen-bond acceptors (Lipinski definition) is 4. The Balaban J connectivity index is 0.000000241. The van der Waals surface area contributed by atoms with Gasteiger partial charge in [0.05, 0.1) is 0 Å². The fourth-order valence-electron chi connectivity index (χ4n) is 1.21. The zero-order chi connectivity index (χ0) is 10.8. The molecular weight excluding hydrogens is 198 g/mol.